The average Bonchev–Trinajstić information content (AvgIpc) is 2.99. The molecule has 0 fully saturated rings. The maximum atomic E-state index is 12.3. The second kappa shape index (κ2) is 7.62. The van der Waals surface area contributed by atoms with Crippen molar-refractivity contribution in [1.82, 2.24) is 19.5 Å². The molecule has 29 heavy (non-hydrogen) atoms. The van der Waals surface area contributed by atoms with Gasteiger partial charge >= 0.3 is 12.0 Å². The number of aryl methyl sites for hydroxylation is 1. The van der Waals surface area contributed by atoms with Crippen LogP contribution in [0.1, 0.15) is 43.7 Å². The third-order valence-electron chi connectivity index (χ3n) is 4.23. The van der Waals surface area contributed by atoms with Gasteiger partial charge in [-0.25, -0.2) is 9.97 Å². The van der Waals surface area contributed by atoms with Crippen LogP contribution in [0, 0.1) is 6.92 Å². The van der Waals surface area contributed by atoms with Gasteiger partial charge in [0.25, 0.3) is 0 Å². The van der Waals surface area contributed by atoms with Gasteiger partial charge in [0.1, 0.15) is 12.1 Å². The molecule has 0 aliphatic carbocycles. The lowest BCUT2D eigenvalue weighted by Gasteiger charge is -2.20. The summed E-state index contributed by atoms with van der Waals surface area (Å²) in [6, 6.07) is 2.08. The van der Waals surface area contributed by atoms with E-state index < -0.39 is 5.60 Å². The molecule has 152 valence electrons. The van der Waals surface area contributed by atoms with Crippen LogP contribution < -0.4 is 4.74 Å². The Kier molecular flexibility index (Phi) is 5.37. The molecule has 0 saturated heterocycles. The van der Waals surface area contributed by atoms with Gasteiger partial charge in [0, 0.05) is 35.1 Å². The quantitative estimate of drug-likeness (QED) is 0.482. The molecule has 0 amide bonds. The predicted octanol–water partition coefficient (Wildman–Crippen LogP) is 3.35. The molecule has 8 heteroatoms. The van der Waals surface area contributed by atoms with Crippen LogP contribution in [0.25, 0.3) is 22.2 Å². The highest BCUT2D eigenvalue weighted by Crippen LogP contribution is 2.29. The normalized spacial score (nSPS) is 11.5. The zero-order valence-electron chi connectivity index (χ0n) is 17.4. The van der Waals surface area contributed by atoms with Gasteiger partial charge in [0.2, 0.25) is 0 Å². The topological polar surface area (TPSA) is 96.2 Å². The van der Waals surface area contributed by atoms with Crippen LogP contribution in [0.4, 0.5) is 0 Å². The van der Waals surface area contributed by atoms with E-state index in [0.29, 0.717) is 22.5 Å². The fraction of sp³-hybridized carbons (Fsp3) is 0.381. The van der Waals surface area contributed by atoms with Crippen LogP contribution in [0.2, 0.25) is 0 Å². The highest BCUT2D eigenvalue weighted by molar-refractivity contribution is 6.08. The summed E-state index contributed by atoms with van der Waals surface area (Å²) < 4.78 is 12.1. The van der Waals surface area contributed by atoms with Crippen molar-refractivity contribution < 1.29 is 19.1 Å². The van der Waals surface area contributed by atoms with E-state index in [9.17, 15) is 9.59 Å². The SMILES string of the molecule is COc1ncc(-c2cc3c(C(C)=O)cn(CC(=O)OC(C)(C)C)c3c(C)n2)cn1. The van der Waals surface area contributed by atoms with Gasteiger partial charge in [-0.15, -0.1) is 0 Å². The van der Waals surface area contributed by atoms with Crippen molar-refractivity contribution in [3.8, 4) is 17.3 Å². The highest BCUT2D eigenvalue weighted by atomic mass is 16.6. The Labute approximate surface area is 168 Å². The van der Waals surface area contributed by atoms with E-state index in [-0.39, 0.29) is 24.3 Å². The Balaban J connectivity index is 2.09. The van der Waals surface area contributed by atoms with Crippen LogP contribution in [0.3, 0.4) is 0 Å². The average molecular weight is 396 g/mol. The third kappa shape index (κ3) is 4.42. The summed E-state index contributed by atoms with van der Waals surface area (Å²) in [7, 11) is 1.50. The molecular weight excluding hydrogens is 372 g/mol. The minimum atomic E-state index is -0.585. The lowest BCUT2D eigenvalue weighted by atomic mass is 10.1. The fourth-order valence-corrected chi connectivity index (χ4v) is 3.14. The molecule has 0 saturated carbocycles. The van der Waals surface area contributed by atoms with Gasteiger partial charge in [-0.3, -0.25) is 14.6 Å². The Morgan fingerprint density at radius 3 is 2.38 bits per heavy atom. The summed E-state index contributed by atoms with van der Waals surface area (Å²) in [5.41, 5.74) is 2.67. The predicted molar refractivity (Wildman–Crippen MR) is 108 cm³/mol. The summed E-state index contributed by atoms with van der Waals surface area (Å²) in [6.45, 7) is 8.78. The summed E-state index contributed by atoms with van der Waals surface area (Å²) in [5, 5.41) is 0.722. The molecule has 0 bridgehead atoms. The first-order valence-corrected chi connectivity index (χ1v) is 9.18. The molecular formula is C21H24N4O4. The van der Waals surface area contributed by atoms with Crippen molar-refractivity contribution in [3.05, 3.63) is 35.9 Å². The zero-order chi connectivity index (χ0) is 21.3. The van der Waals surface area contributed by atoms with Crippen LogP contribution >= 0.6 is 0 Å². The van der Waals surface area contributed by atoms with Gasteiger partial charge in [-0.1, -0.05) is 0 Å². The lowest BCUT2D eigenvalue weighted by molar-refractivity contribution is -0.155. The molecule has 0 aliphatic rings. The van der Waals surface area contributed by atoms with E-state index >= 15 is 0 Å². The Bertz CT molecular complexity index is 1080. The molecule has 0 N–H and O–H groups in total. The van der Waals surface area contributed by atoms with E-state index in [2.05, 4.69) is 15.0 Å². The molecule has 3 aromatic rings. The summed E-state index contributed by atoms with van der Waals surface area (Å²) in [4.78, 5) is 37.4. The number of ether oxygens (including phenoxy) is 2. The number of nitrogens with zero attached hydrogens (tertiary/aromatic N) is 4. The summed E-state index contributed by atoms with van der Waals surface area (Å²) in [5.74, 6) is -0.475. The Morgan fingerprint density at radius 2 is 1.83 bits per heavy atom. The van der Waals surface area contributed by atoms with Crippen LogP contribution in [0.15, 0.2) is 24.7 Å². The van der Waals surface area contributed by atoms with E-state index in [1.165, 1.54) is 14.0 Å². The zero-order valence-corrected chi connectivity index (χ0v) is 17.4. The fourth-order valence-electron chi connectivity index (χ4n) is 3.14. The van der Waals surface area contributed by atoms with Crippen LogP contribution in [-0.2, 0) is 16.1 Å². The minimum Gasteiger partial charge on any atom is -0.467 e. The number of fused-ring (bicyclic) bond motifs is 1. The van der Waals surface area contributed by atoms with Crippen LogP contribution in [-0.4, -0.2) is 44.0 Å². The first-order chi connectivity index (χ1) is 13.6. The number of hydrogen-bond donors (Lipinski definition) is 0. The molecule has 3 aromatic heterocycles. The summed E-state index contributed by atoms with van der Waals surface area (Å²) in [6.07, 6.45) is 4.91. The van der Waals surface area contributed by atoms with Crippen molar-refractivity contribution in [3.63, 3.8) is 0 Å². The number of rotatable bonds is 5. The number of aromatic nitrogens is 4. The number of hydrogen-bond acceptors (Lipinski definition) is 7. The smallest absolute Gasteiger partial charge is 0.326 e. The van der Waals surface area contributed by atoms with E-state index in [4.69, 9.17) is 9.47 Å². The van der Waals surface area contributed by atoms with Crippen molar-refractivity contribution in [2.75, 3.05) is 7.11 Å². The van der Waals surface area contributed by atoms with Crippen molar-refractivity contribution in [2.24, 2.45) is 0 Å². The third-order valence-corrected chi connectivity index (χ3v) is 4.23. The molecule has 0 radical (unpaired) electrons. The van der Waals surface area contributed by atoms with Crippen LogP contribution in [0.5, 0.6) is 6.01 Å². The largest absolute Gasteiger partial charge is 0.467 e. The van der Waals surface area contributed by atoms with Gasteiger partial charge in [-0.2, -0.15) is 0 Å². The number of methoxy groups -OCH3 is 1. The number of ketones is 1. The number of Topliss-reactive ketones (excluding diaryl/α,β-unsaturated/α-hetero) is 1. The summed E-state index contributed by atoms with van der Waals surface area (Å²) >= 11 is 0. The van der Waals surface area contributed by atoms with Gasteiger partial charge in [0.15, 0.2) is 5.78 Å². The Morgan fingerprint density at radius 1 is 1.17 bits per heavy atom. The van der Waals surface area contributed by atoms with Crippen molar-refractivity contribution >= 4 is 22.7 Å². The maximum absolute atomic E-state index is 12.3. The molecule has 0 unspecified atom stereocenters. The first kappa shape index (κ1) is 20.4. The van der Waals surface area contributed by atoms with Crippen molar-refractivity contribution in [1.29, 1.82) is 0 Å². The number of carbonyl (C=O) groups excluding carboxylic acids is 2. The van der Waals surface area contributed by atoms with E-state index in [1.54, 1.807) is 23.2 Å². The first-order valence-electron chi connectivity index (χ1n) is 9.18. The molecule has 0 spiro atoms. The highest BCUT2D eigenvalue weighted by Gasteiger charge is 2.21. The van der Waals surface area contributed by atoms with Gasteiger partial charge < -0.3 is 14.0 Å². The lowest BCUT2D eigenvalue weighted by Crippen LogP contribution is -2.26. The molecule has 0 aliphatic heterocycles. The monoisotopic (exact) mass is 396 g/mol. The molecule has 8 nitrogen and oxygen atoms in total. The van der Waals surface area contributed by atoms with E-state index in [1.807, 2.05) is 33.8 Å². The van der Waals surface area contributed by atoms with Gasteiger partial charge in [-0.05, 0) is 40.7 Å². The minimum absolute atomic E-state index is 0.00539. The maximum Gasteiger partial charge on any atom is 0.326 e. The second-order valence-corrected chi connectivity index (χ2v) is 7.76. The number of pyridine rings is 1. The molecule has 0 aromatic carbocycles. The van der Waals surface area contributed by atoms with E-state index in [0.717, 1.165) is 10.9 Å². The number of esters is 1. The molecule has 3 rings (SSSR count). The molecule has 3 heterocycles. The second-order valence-electron chi connectivity index (χ2n) is 7.76. The van der Waals surface area contributed by atoms with Gasteiger partial charge in [0.05, 0.1) is 24.0 Å². The number of carbonyl (C=O) groups is 2. The van der Waals surface area contributed by atoms with Crippen molar-refractivity contribution in [2.45, 2.75) is 46.8 Å². The standard InChI is InChI=1S/C21H24N4O4/c1-12-19-15(7-17(24-12)14-8-22-20(28-6)23-9-14)16(13(2)26)10-25(19)11-18(27)29-21(3,4)5/h7-10H,11H2,1-6H3. The Hall–Kier alpha value is -3.29. The molecule has 0 atom stereocenters.